The standard InChI is InChI=1S/C12H24N4/c1-5-6-7-8-16(10(2)3)12-11(13)9-15(4)14-12/h9-10H,5-8,13H2,1-4H3. The first-order valence-corrected chi connectivity index (χ1v) is 6.12. The fourth-order valence-corrected chi connectivity index (χ4v) is 1.86. The molecule has 1 aromatic heterocycles. The van der Waals surface area contributed by atoms with Crippen LogP contribution in [-0.4, -0.2) is 22.4 Å². The molecule has 4 nitrogen and oxygen atoms in total. The molecule has 0 aromatic carbocycles. The molecule has 0 atom stereocenters. The van der Waals surface area contributed by atoms with Crippen molar-refractivity contribution in [1.82, 2.24) is 9.78 Å². The Labute approximate surface area is 98.4 Å². The summed E-state index contributed by atoms with van der Waals surface area (Å²) in [6, 6.07) is 0.439. The van der Waals surface area contributed by atoms with Crippen molar-refractivity contribution in [2.45, 2.75) is 46.1 Å². The first-order valence-electron chi connectivity index (χ1n) is 6.12. The number of aryl methyl sites for hydroxylation is 1. The summed E-state index contributed by atoms with van der Waals surface area (Å²) in [4.78, 5) is 2.28. The van der Waals surface area contributed by atoms with Crippen molar-refractivity contribution < 1.29 is 0 Å². The minimum atomic E-state index is 0.439. The zero-order valence-corrected chi connectivity index (χ0v) is 10.9. The number of hydrogen-bond donors (Lipinski definition) is 1. The van der Waals surface area contributed by atoms with E-state index in [9.17, 15) is 0 Å². The van der Waals surface area contributed by atoms with Gasteiger partial charge in [0.1, 0.15) is 0 Å². The largest absolute Gasteiger partial charge is 0.394 e. The Balaban J connectivity index is 2.73. The molecule has 1 aromatic rings. The van der Waals surface area contributed by atoms with Crippen LogP contribution in [0.15, 0.2) is 6.20 Å². The number of unbranched alkanes of at least 4 members (excludes halogenated alkanes) is 2. The molecule has 1 rings (SSSR count). The molecule has 0 fully saturated rings. The maximum atomic E-state index is 5.96. The lowest BCUT2D eigenvalue weighted by Crippen LogP contribution is -2.32. The lowest BCUT2D eigenvalue weighted by atomic mass is 10.2. The summed E-state index contributed by atoms with van der Waals surface area (Å²) in [6.07, 6.45) is 5.56. The third-order valence-corrected chi connectivity index (χ3v) is 2.73. The van der Waals surface area contributed by atoms with Crippen LogP contribution in [0.4, 0.5) is 11.5 Å². The van der Waals surface area contributed by atoms with Crippen LogP contribution in [0.1, 0.15) is 40.0 Å². The molecule has 0 unspecified atom stereocenters. The second kappa shape index (κ2) is 5.77. The smallest absolute Gasteiger partial charge is 0.174 e. The van der Waals surface area contributed by atoms with Gasteiger partial charge in [0.15, 0.2) is 5.82 Å². The number of nitrogens with zero attached hydrogens (tertiary/aromatic N) is 3. The van der Waals surface area contributed by atoms with Gasteiger partial charge in [0, 0.05) is 25.8 Å². The molecule has 16 heavy (non-hydrogen) atoms. The quantitative estimate of drug-likeness (QED) is 0.755. The van der Waals surface area contributed by atoms with Crippen molar-refractivity contribution >= 4 is 11.5 Å². The average molecular weight is 224 g/mol. The predicted octanol–water partition coefficient (Wildman–Crippen LogP) is 2.41. The van der Waals surface area contributed by atoms with Crippen molar-refractivity contribution in [2.75, 3.05) is 17.2 Å². The number of anilines is 2. The molecule has 0 amide bonds. The van der Waals surface area contributed by atoms with E-state index in [1.54, 1.807) is 4.68 Å². The fourth-order valence-electron chi connectivity index (χ4n) is 1.86. The van der Waals surface area contributed by atoms with Crippen LogP contribution in [0.3, 0.4) is 0 Å². The van der Waals surface area contributed by atoms with E-state index < -0.39 is 0 Å². The van der Waals surface area contributed by atoms with Gasteiger partial charge in [-0.15, -0.1) is 0 Å². The Morgan fingerprint density at radius 3 is 2.56 bits per heavy atom. The van der Waals surface area contributed by atoms with Gasteiger partial charge < -0.3 is 10.6 Å². The van der Waals surface area contributed by atoms with Crippen molar-refractivity contribution in [3.05, 3.63) is 6.20 Å². The summed E-state index contributed by atoms with van der Waals surface area (Å²) in [5.74, 6) is 0.925. The second-order valence-corrected chi connectivity index (χ2v) is 4.58. The van der Waals surface area contributed by atoms with E-state index in [0.29, 0.717) is 6.04 Å². The van der Waals surface area contributed by atoms with Gasteiger partial charge in [-0.1, -0.05) is 19.8 Å². The normalized spacial score (nSPS) is 11.1. The van der Waals surface area contributed by atoms with E-state index in [0.717, 1.165) is 18.1 Å². The zero-order valence-electron chi connectivity index (χ0n) is 10.9. The highest BCUT2D eigenvalue weighted by Crippen LogP contribution is 2.22. The maximum Gasteiger partial charge on any atom is 0.174 e. The van der Waals surface area contributed by atoms with E-state index in [2.05, 4.69) is 30.8 Å². The van der Waals surface area contributed by atoms with Crippen LogP contribution in [0.25, 0.3) is 0 Å². The topological polar surface area (TPSA) is 47.1 Å². The fraction of sp³-hybridized carbons (Fsp3) is 0.750. The van der Waals surface area contributed by atoms with Gasteiger partial charge in [0.2, 0.25) is 0 Å². The predicted molar refractivity (Wildman–Crippen MR) is 69.6 cm³/mol. The summed E-state index contributed by atoms with van der Waals surface area (Å²) >= 11 is 0. The summed E-state index contributed by atoms with van der Waals surface area (Å²) in [7, 11) is 1.91. The Kier molecular flexibility index (Phi) is 4.65. The van der Waals surface area contributed by atoms with Crippen LogP contribution in [0.5, 0.6) is 0 Å². The lowest BCUT2D eigenvalue weighted by molar-refractivity contribution is 0.613. The lowest BCUT2D eigenvalue weighted by Gasteiger charge is -2.27. The Morgan fingerprint density at radius 2 is 2.12 bits per heavy atom. The Hall–Kier alpha value is -1.19. The number of aromatic nitrogens is 2. The first-order chi connectivity index (χ1) is 7.56. The van der Waals surface area contributed by atoms with Crippen LogP contribution in [0, 0.1) is 0 Å². The first kappa shape index (κ1) is 12.9. The van der Waals surface area contributed by atoms with Crippen LogP contribution in [-0.2, 0) is 7.05 Å². The van der Waals surface area contributed by atoms with Gasteiger partial charge >= 0.3 is 0 Å². The maximum absolute atomic E-state index is 5.96. The molecule has 0 aliphatic rings. The van der Waals surface area contributed by atoms with E-state index in [-0.39, 0.29) is 0 Å². The van der Waals surface area contributed by atoms with Gasteiger partial charge in [-0.2, -0.15) is 5.10 Å². The Morgan fingerprint density at radius 1 is 1.44 bits per heavy atom. The third-order valence-electron chi connectivity index (χ3n) is 2.73. The zero-order chi connectivity index (χ0) is 12.1. The van der Waals surface area contributed by atoms with Crippen molar-refractivity contribution in [3.8, 4) is 0 Å². The number of hydrogen-bond acceptors (Lipinski definition) is 3. The minimum Gasteiger partial charge on any atom is -0.394 e. The highest BCUT2D eigenvalue weighted by Gasteiger charge is 2.16. The van der Waals surface area contributed by atoms with Crippen LogP contribution in [0.2, 0.25) is 0 Å². The molecule has 0 spiro atoms. The molecule has 0 bridgehead atoms. The molecule has 0 saturated carbocycles. The van der Waals surface area contributed by atoms with E-state index in [1.807, 2.05) is 13.2 Å². The van der Waals surface area contributed by atoms with Gasteiger partial charge in [-0.05, 0) is 20.3 Å². The van der Waals surface area contributed by atoms with Crippen molar-refractivity contribution in [2.24, 2.45) is 7.05 Å². The number of rotatable bonds is 6. The molecule has 0 saturated heterocycles. The molecule has 0 radical (unpaired) electrons. The molecular weight excluding hydrogens is 200 g/mol. The van der Waals surface area contributed by atoms with Crippen LogP contribution >= 0.6 is 0 Å². The summed E-state index contributed by atoms with van der Waals surface area (Å²) in [5.41, 5.74) is 6.73. The van der Waals surface area contributed by atoms with Gasteiger partial charge in [0.05, 0.1) is 5.69 Å². The summed E-state index contributed by atoms with van der Waals surface area (Å²) in [5, 5.41) is 4.43. The molecule has 1 heterocycles. The van der Waals surface area contributed by atoms with Crippen molar-refractivity contribution in [1.29, 1.82) is 0 Å². The SMILES string of the molecule is CCCCCN(c1nn(C)cc1N)C(C)C. The highest BCUT2D eigenvalue weighted by atomic mass is 15.4. The Bertz CT molecular complexity index is 317. The number of nitrogen functional groups attached to an aromatic ring is 1. The third kappa shape index (κ3) is 3.15. The highest BCUT2D eigenvalue weighted by molar-refractivity contribution is 5.62. The summed E-state index contributed by atoms with van der Waals surface area (Å²) < 4.78 is 1.78. The van der Waals surface area contributed by atoms with Gasteiger partial charge in [0.25, 0.3) is 0 Å². The minimum absolute atomic E-state index is 0.439. The molecule has 92 valence electrons. The monoisotopic (exact) mass is 224 g/mol. The van der Waals surface area contributed by atoms with E-state index >= 15 is 0 Å². The molecular formula is C12H24N4. The van der Waals surface area contributed by atoms with Gasteiger partial charge in [-0.3, -0.25) is 4.68 Å². The molecule has 0 aliphatic heterocycles. The molecule has 0 aliphatic carbocycles. The summed E-state index contributed by atoms with van der Waals surface area (Å²) in [6.45, 7) is 7.61. The molecule has 2 N–H and O–H groups in total. The van der Waals surface area contributed by atoms with Crippen molar-refractivity contribution in [3.63, 3.8) is 0 Å². The molecule has 4 heteroatoms. The average Bonchev–Trinajstić information content (AvgIpc) is 2.52. The van der Waals surface area contributed by atoms with E-state index in [1.165, 1.54) is 19.3 Å². The van der Waals surface area contributed by atoms with E-state index in [4.69, 9.17) is 5.73 Å². The van der Waals surface area contributed by atoms with Crippen LogP contribution < -0.4 is 10.6 Å². The van der Waals surface area contributed by atoms with Gasteiger partial charge in [-0.25, -0.2) is 0 Å². The number of nitrogens with two attached hydrogens (primary N) is 1. The second-order valence-electron chi connectivity index (χ2n) is 4.58.